The lowest BCUT2D eigenvalue weighted by molar-refractivity contribution is 0.475. The number of anilines is 2. The Morgan fingerprint density at radius 3 is 2.11 bits per heavy atom. The van der Waals surface area contributed by atoms with Crippen LogP contribution in [0.3, 0.4) is 0 Å². The van der Waals surface area contributed by atoms with E-state index in [1.165, 1.54) is 0 Å². The molecule has 1 fully saturated rings. The van der Waals surface area contributed by atoms with E-state index in [1.54, 1.807) is 16.8 Å². The molecule has 0 unspecified atom stereocenters. The first kappa shape index (κ1) is 17.3. The lowest BCUT2D eigenvalue weighted by Gasteiger charge is -2.36. The minimum absolute atomic E-state index is 0.297. The largest absolute Gasteiger partial charge is 0.508 e. The molecule has 140 valence electrons. The van der Waals surface area contributed by atoms with Crippen molar-refractivity contribution in [3.05, 3.63) is 53.5 Å². The Morgan fingerprint density at radius 2 is 1.48 bits per heavy atom. The molecule has 1 aromatic carbocycles. The molecule has 1 aliphatic heterocycles. The Hall–Kier alpha value is -3.09. The van der Waals surface area contributed by atoms with E-state index in [2.05, 4.69) is 19.9 Å². The van der Waals surface area contributed by atoms with Crippen molar-refractivity contribution in [1.29, 1.82) is 0 Å². The van der Waals surface area contributed by atoms with Crippen LogP contribution in [0.25, 0.3) is 5.95 Å². The van der Waals surface area contributed by atoms with Gasteiger partial charge in [-0.3, -0.25) is 0 Å². The van der Waals surface area contributed by atoms with E-state index in [9.17, 15) is 5.11 Å². The van der Waals surface area contributed by atoms with Crippen LogP contribution >= 0.6 is 0 Å². The molecule has 3 aromatic rings. The highest BCUT2D eigenvalue weighted by molar-refractivity contribution is 5.51. The molecule has 0 aliphatic carbocycles. The number of rotatable bonds is 3. The number of nitrogens with zero attached hydrogens (tertiary/aromatic N) is 6. The van der Waals surface area contributed by atoms with E-state index in [0.717, 1.165) is 54.8 Å². The molecule has 4 rings (SSSR count). The second-order valence-corrected chi connectivity index (χ2v) is 7.00. The molecule has 2 aromatic heterocycles. The summed E-state index contributed by atoms with van der Waals surface area (Å²) in [5.74, 6) is 1.86. The molecule has 1 N–H and O–H groups in total. The zero-order valence-corrected chi connectivity index (χ0v) is 15.9. The molecule has 7 heteroatoms. The molecule has 0 bridgehead atoms. The summed E-state index contributed by atoms with van der Waals surface area (Å²) in [6.45, 7) is 9.56. The summed E-state index contributed by atoms with van der Waals surface area (Å²) in [6, 6.07) is 11.4. The van der Waals surface area contributed by atoms with Crippen LogP contribution in [0, 0.1) is 20.8 Å². The first-order valence-electron chi connectivity index (χ1n) is 9.18. The summed E-state index contributed by atoms with van der Waals surface area (Å²) >= 11 is 0. The van der Waals surface area contributed by atoms with Gasteiger partial charge in [-0.15, -0.1) is 0 Å². The van der Waals surface area contributed by atoms with E-state index in [0.29, 0.717) is 11.7 Å². The lowest BCUT2D eigenvalue weighted by atomic mass is 10.2. The number of hydrogen-bond donors (Lipinski definition) is 1. The highest BCUT2D eigenvalue weighted by Crippen LogP contribution is 2.22. The van der Waals surface area contributed by atoms with Crippen LogP contribution in [0.1, 0.15) is 17.1 Å². The Balaban J connectivity index is 1.53. The van der Waals surface area contributed by atoms with Gasteiger partial charge in [-0.1, -0.05) is 0 Å². The van der Waals surface area contributed by atoms with Crippen LogP contribution in [0.5, 0.6) is 5.75 Å². The number of benzene rings is 1. The Kier molecular flexibility index (Phi) is 4.43. The topological polar surface area (TPSA) is 70.3 Å². The molecule has 27 heavy (non-hydrogen) atoms. The predicted octanol–water partition coefficient (Wildman–Crippen LogP) is 2.62. The van der Waals surface area contributed by atoms with Crippen molar-refractivity contribution >= 4 is 11.5 Å². The first-order valence-corrected chi connectivity index (χ1v) is 9.18. The molecule has 1 aliphatic rings. The Bertz CT molecular complexity index is 942. The van der Waals surface area contributed by atoms with Gasteiger partial charge < -0.3 is 14.9 Å². The summed E-state index contributed by atoms with van der Waals surface area (Å²) in [6.07, 6.45) is 0. The second-order valence-electron chi connectivity index (χ2n) is 7.00. The van der Waals surface area contributed by atoms with Gasteiger partial charge in [0.2, 0.25) is 0 Å². The molecular weight excluding hydrogens is 340 g/mol. The number of phenolic OH excluding ortho intramolecular Hbond substituents is 1. The van der Waals surface area contributed by atoms with Crippen LogP contribution in [0.4, 0.5) is 11.5 Å². The zero-order valence-electron chi connectivity index (χ0n) is 15.9. The van der Waals surface area contributed by atoms with Gasteiger partial charge in [-0.25, -0.2) is 9.67 Å². The molecular formula is C20H24N6O. The van der Waals surface area contributed by atoms with E-state index >= 15 is 0 Å². The van der Waals surface area contributed by atoms with Crippen molar-refractivity contribution in [2.75, 3.05) is 36.0 Å². The van der Waals surface area contributed by atoms with Gasteiger partial charge in [-0.2, -0.15) is 10.1 Å². The fourth-order valence-electron chi connectivity index (χ4n) is 3.48. The van der Waals surface area contributed by atoms with Gasteiger partial charge in [0.05, 0.1) is 5.69 Å². The third-order valence-electron chi connectivity index (χ3n) is 4.85. The van der Waals surface area contributed by atoms with Gasteiger partial charge in [-0.05, 0) is 51.1 Å². The number of hydrogen-bond acceptors (Lipinski definition) is 6. The third kappa shape index (κ3) is 3.58. The van der Waals surface area contributed by atoms with Crippen molar-refractivity contribution in [1.82, 2.24) is 19.7 Å². The van der Waals surface area contributed by atoms with Gasteiger partial charge in [0.15, 0.2) is 0 Å². The minimum Gasteiger partial charge on any atom is -0.508 e. The SMILES string of the molecule is Cc1cc(N2CCN(c3ccc(O)cc3)CC2)nc(-n2nc(C)cc2C)n1. The van der Waals surface area contributed by atoms with Crippen LogP contribution in [0.15, 0.2) is 36.4 Å². The lowest BCUT2D eigenvalue weighted by Crippen LogP contribution is -2.47. The summed E-state index contributed by atoms with van der Waals surface area (Å²) in [4.78, 5) is 14.0. The average molecular weight is 364 g/mol. The number of phenols is 1. The maximum Gasteiger partial charge on any atom is 0.252 e. The molecule has 0 saturated carbocycles. The maximum atomic E-state index is 9.46. The molecule has 1 saturated heterocycles. The molecule has 7 nitrogen and oxygen atoms in total. The van der Waals surface area contributed by atoms with Gasteiger partial charge >= 0.3 is 0 Å². The third-order valence-corrected chi connectivity index (χ3v) is 4.85. The number of aromatic hydroxyl groups is 1. The summed E-state index contributed by atoms with van der Waals surface area (Å²) < 4.78 is 1.80. The van der Waals surface area contributed by atoms with Crippen LogP contribution < -0.4 is 9.80 Å². The average Bonchev–Trinajstić information content (AvgIpc) is 3.00. The highest BCUT2D eigenvalue weighted by Gasteiger charge is 2.20. The fraction of sp³-hybridized carbons (Fsp3) is 0.350. The number of aryl methyl sites for hydroxylation is 3. The van der Waals surface area contributed by atoms with Crippen molar-refractivity contribution in [2.45, 2.75) is 20.8 Å². The number of piperazine rings is 1. The van der Waals surface area contributed by atoms with Crippen LogP contribution in [0.2, 0.25) is 0 Å². The highest BCUT2D eigenvalue weighted by atomic mass is 16.3. The predicted molar refractivity (Wildman–Crippen MR) is 106 cm³/mol. The standard InChI is InChI=1S/C20H24N6O/c1-14-13-19(22-20(21-14)26-16(3)12-15(2)23-26)25-10-8-24(9-11-25)17-4-6-18(27)7-5-17/h4-7,12-13,27H,8-11H2,1-3H3. The van der Waals surface area contributed by atoms with Crippen molar-refractivity contribution in [2.24, 2.45) is 0 Å². The summed E-state index contributed by atoms with van der Waals surface area (Å²) in [7, 11) is 0. The molecule has 0 atom stereocenters. The van der Waals surface area contributed by atoms with Crippen molar-refractivity contribution in [3.8, 4) is 11.7 Å². The van der Waals surface area contributed by atoms with Crippen LogP contribution in [-0.4, -0.2) is 51.0 Å². The zero-order chi connectivity index (χ0) is 19.0. The fourth-order valence-corrected chi connectivity index (χ4v) is 3.48. The van der Waals surface area contributed by atoms with Crippen molar-refractivity contribution < 1.29 is 5.11 Å². The van der Waals surface area contributed by atoms with Gasteiger partial charge in [0.1, 0.15) is 11.6 Å². The summed E-state index contributed by atoms with van der Waals surface area (Å²) in [5, 5.41) is 14.0. The monoisotopic (exact) mass is 364 g/mol. The van der Waals surface area contributed by atoms with E-state index < -0.39 is 0 Å². The number of aromatic nitrogens is 4. The Morgan fingerprint density at radius 1 is 0.815 bits per heavy atom. The van der Waals surface area contributed by atoms with Gasteiger partial charge in [0, 0.05) is 49.3 Å². The molecule has 0 amide bonds. The van der Waals surface area contributed by atoms with Crippen LogP contribution in [-0.2, 0) is 0 Å². The smallest absolute Gasteiger partial charge is 0.252 e. The van der Waals surface area contributed by atoms with E-state index in [1.807, 2.05) is 45.0 Å². The quantitative estimate of drug-likeness (QED) is 0.770. The normalized spacial score (nSPS) is 14.6. The first-order chi connectivity index (χ1) is 13.0. The molecule has 3 heterocycles. The molecule has 0 radical (unpaired) electrons. The Labute approximate surface area is 158 Å². The summed E-state index contributed by atoms with van der Waals surface area (Å²) in [5.41, 5.74) is 4.06. The molecule has 0 spiro atoms. The second kappa shape index (κ2) is 6.90. The van der Waals surface area contributed by atoms with Gasteiger partial charge in [0.25, 0.3) is 5.95 Å². The van der Waals surface area contributed by atoms with E-state index in [4.69, 9.17) is 4.98 Å². The van der Waals surface area contributed by atoms with E-state index in [-0.39, 0.29) is 0 Å². The van der Waals surface area contributed by atoms with Crippen molar-refractivity contribution in [3.63, 3.8) is 0 Å². The maximum absolute atomic E-state index is 9.46. The minimum atomic E-state index is 0.297.